The molecule has 174 valence electrons. The maximum atomic E-state index is 10.9. The minimum absolute atomic E-state index is 0.0465. The fourth-order valence-corrected chi connectivity index (χ4v) is 5.20. The molecule has 0 aromatic heterocycles. The molecule has 1 heterocycles. The Hall–Kier alpha value is -0.0631. The summed E-state index contributed by atoms with van der Waals surface area (Å²) < 4.78 is 23.9. The highest BCUT2D eigenvalue weighted by molar-refractivity contribution is 6.74. The number of aliphatic hydroxyl groups excluding tert-OH is 3. The van der Waals surface area contributed by atoms with Gasteiger partial charge in [-0.05, 0) is 25.1 Å². The normalized spacial score (nSPS) is 34.7. The quantitative estimate of drug-likeness (QED) is 0.478. The molecule has 29 heavy (non-hydrogen) atoms. The van der Waals surface area contributed by atoms with Crippen LogP contribution in [0.5, 0.6) is 0 Å². The van der Waals surface area contributed by atoms with Gasteiger partial charge in [0, 0.05) is 32.5 Å². The number of hydrogen-bond donors (Lipinski definition) is 3. The van der Waals surface area contributed by atoms with E-state index in [2.05, 4.69) is 33.9 Å². The van der Waals surface area contributed by atoms with Crippen LogP contribution in [-0.4, -0.2) is 80.8 Å². The summed E-state index contributed by atoms with van der Waals surface area (Å²) in [4.78, 5) is 0. The van der Waals surface area contributed by atoms with Crippen molar-refractivity contribution in [2.24, 2.45) is 11.8 Å². The summed E-state index contributed by atoms with van der Waals surface area (Å²) >= 11 is 0. The maximum absolute atomic E-state index is 10.9. The lowest BCUT2D eigenvalue weighted by atomic mass is 9.76. The van der Waals surface area contributed by atoms with Crippen molar-refractivity contribution in [2.75, 3.05) is 20.8 Å². The predicted molar refractivity (Wildman–Crippen MR) is 115 cm³/mol. The zero-order valence-corrected chi connectivity index (χ0v) is 20.9. The average Bonchev–Trinajstić information content (AvgIpc) is 2.60. The molecule has 1 saturated heterocycles. The first-order chi connectivity index (χ1) is 13.1. The molecule has 0 aliphatic carbocycles. The third-order valence-electron chi connectivity index (χ3n) is 6.91. The Kier molecular flexibility index (Phi) is 9.34. The third kappa shape index (κ3) is 5.80. The van der Waals surface area contributed by atoms with Gasteiger partial charge in [0.15, 0.2) is 8.32 Å². The highest BCUT2D eigenvalue weighted by atomic mass is 28.4. The van der Waals surface area contributed by atoms with Crippen molar-refractivity contribution in [2.45, 2.75) is 102 Å². The fraction of sp³-hybridized carbons (Fsp3) is 1.00. The molecule has 1 fully saturated rings. The minimum atomic E-state index is -2.04. The molecule has 0 aromatic carbocycles. The van der Waals surface area contributed by atoms with Crippen LogP contribution in [0.15, 0.2) is 0 Å². The van der Waals surface area contributed by atoms with Gasteiger partial charge in [-0.2, -0.15) is 0 Å². The highest BCUT2D eigenvalue weighted by Crippen LogP contribution is 2.43. The van der Waals surface area contributed by atoms with E-state index in [4.69, 9.17) is 18.6 Å². The molecular formula is C21H44O7Si. The van der Waals surface area contributed by atoms with Gasteiger partial charge in [0.2, 0.25) is 5.79 Å². The lowest BCUT2D eigenvalue weighted by Gasteiger charge is -2.52. The SMILES string of the molecule is COC[C@@H](C[C@H]1O[C@@](OC)([C@H](O)[C@H](C)O)[C@H](C)[C@@H](O)[C@H]1C)O[Si](C)(C)C(C)(C)C. The molecule has 8 heteroatoms. The average molecular weight is 437 g/mol. The molecule has 0 amide bonds. The number of ether oxygens (including phenoxy) is 3. The lowest BCUT2D eigenvalue weighted by molar-refractivity contribution is -0.369. The summed E-state index contributed by atoms with van der Waals surface area (Å²) in [5.41, 5.74) is 0. The standard InChI is InChI=1S/C21H44O7Si/c1-13-17(11-16(12-25-7)28-29(9,10)20(4,5)6)27-21(26-8,14(2)18(13)23)19(24)15(3)22/h13-19,22-24H,11-12H2,1-10H3/t13-,14+,15-,16+,17+,18-,19+,21+/m0/s1. The number of rotatable bonds is 9. The van der Waals surface area contributed by atoms with Crippen molar-refractivity contribution in [3.63, 3.8) is 0 Å². The van der Waals surface area contributed by atoms with E-state index < -0.39 is 44.4 Å². The highest BCUT2D eigenvalue weighted by Gasteiger charge is 2.56. The van der Waals surface area contributed by atoms with E-state index in [-0.39, 0.29) is 17.1 Å². The van der Waals surface area contributed by atoms with Crippen molar-refractivity contribution >= 4 is 8.32 Å². The Morgan fingerprint density at radius 1 is 1.14 bits per heavy atom. The van der Waals surface area contributed by atoms with Crippen LogP contribution in [0.2, 0.25) is 18.1 Å². The first kappa shape index (κ1) is 27.0. The van der Waals surface area contributed by atoms with Gasteiger partial charge < -0.3 is 34.0 Å². The summed E-state index contributed by atoms with van der Waals surface area (Å²) in [6.07, 6.45) is -3.29. The van der Waals surface area contributed by atoms with Crippen LogP contribution in [-0.2, 0) is 18.6 Å². The van der Waals surface area contributed by atoms with Crippen LogP contribution in [0, 0.1) is 11.8 Å². The van der Waals surface area contributed by atoms with Gasteiger partial charge in [-0.1, -0.05) is 34.6 Å². The van der Waals surface area contributed by atoms with Crippen LogP contribution in [0.3, 0.4) is 0 Å². The summed E-state index contributed by atoms with van der Waals surface area (Å²) in [5.74, 6) is -2.22. The summed E-state index contributed by atoms with van der Waals surface area (Å²) in [7, 11) is 1.03. The third-order valence-corrected chi connectivity index (χ3v) is 11.4. The van der Waals surface area contributed by atoms with Gasteiger partial charge in [0.05, 0.1) is 31.0 Å². The second kappa shape index (κ2) is 10.0. The molecule has 3 N–H and O–H groups in total. The monoisotopic (exact) mass is 436 g/mol. The van der Waals surface area contributed by atoms with Gasteiger partial charge >= 0.3 is 0 Å². The van der Waals surface area contributed by atoms with E-state index in [1.165, 1.54) is 14.0 Å². The Morgan fingerprint density at radius 3 is 2.10 bits per heavy atom. The molecule has 0 spiro atoms. The van der Waals surface area contributed by atoms with E-state index in [1.807, 2.05) is 6.92 Å². The van der Waals surface area contributed by atoms with Crippen molar-refractivity contribution in [1.29, 1.82) is 0 Å². The van der Waals surface area contributed by atoms with Gasteiger partial charge in [-0.3, -0.25) is 0 Å². The number of methoxy groups -OCH3 is 2. The summed E-state index contributed by atoms with van der Waals surface area (Å²) in [5, 5.41) is 31.6. The van der Waals surface area contributed by atoms with E-state index in [0.29, 0.717) is 13.0 Å². The molecule has 1 aliphatic heterocycles. The smallest absolute Gasteiger partial charge is 0.202 e. The van der Waals surface area contributed by atoms with E-state index >= 15 is 0 Å². The van der Waals surface area contributed by atoms with Gasteiger partial charge in [0.1, 0.15) is 6.10 Å². The Bertz CT molecular complexity index is 508. The molecule has 1 aliphatic rings. The molecule has 0 unspecified atom stereocenters. The van der Waals surface area contributed by atoms with E-state index in [9.17, 15) is 15.3 Å². The Balaban J connectivity index is 3.15. The summed E-state index contributed by atoms with van der Waals surface area (Å²) in [6.45, 7) is 16.5. The number of aliphatic hydroxyl groups is 3. The van der Waals surface area contributed by atoms with Crippen LogP contribution in [0.1, 0.15) is 48.0 Å². The molecule has 8 atom stereocenters. The molecule has 0 bridgehead atoms. The second-order valence-electron chi connectivity index (χ2n) is 10.1. The summed E-state index contributed by atoms with van der Waals surface area (Å²) in [6, 6.07) is 0. The second-order valence-corrected chi connectivity index (χ2v) is 14.9. The molecule has 1 rings (SSSR count). The first-order valence-corrected chi connectivity index (χ1v) is 13.5. The lowest BCUT2D eigenvalue weighted by Crippen LogP contribution is -2.65. The van der Waals surface area contributed by atoms with E-state index in [0.717, 1.165) is 0 Å². The van der Waals surface area contributed by atoms with Crippen LogP contribution < -0.4 is 0 Å². The van der Waals surface area contributed by atoms with Crippen LogP contribution in [0.4, 0.5) is 0 Å². The zero-order chi connectivity index (χ0) is 22.8. The van der Waals surface area contributed by atoms with Gasteiger partial charge in [-0.15, -0.1) is 0 Å². The molecule has 0 radical (unpaired) electrons. The minimum Gasteiger partial charge on any atom is -0.411 e. The van der Waals surface area contributed by atoms with Gasteiger partial charge in [-0.25, -0.2) is 0 Å². The molecule has 7 nitrogen and oxygen atoms in total. The van der Waals surface area contributed by atoms with Crippen molar-refractivity contribution < 1.29 is 34.0 Å². The maximum Gasteiger partial charge on any atom is 0.202 e. The van der Waals surface area contributed by atoms with E-state index in [1.54, 1.807) is 14.0 Å². The predicted octanol–water partition coefficient (Wildman–Crippen LogP) is 2.53. The van der Waals surface area contributed by atoms with Crippen molar-refractivity contribution in [3.05, 3.63) is 0 Å². The molecular weight excluding hydrogens is 392 g/mol. The largest absolute Gasteiger partial charge is 0.411 e. The topological polar surface area (TPSA) is 97.6 Å². The first-order valence-electron chi connectivity index (χ1n) is 10.6. The molecule has 0 saturated carbocycles. The van der Waals surface area contributed by atoms with Crippen LogP contribution in [0.25, 0.3) is 0 Å². The van der Waals surface area contributed by atoms with Crippen LogP contribution >= 0.6 is 0 Å². The number of hydrogen-bond acceptors (Lipinski definition) is 7. The zero-order valence-electron chi connectivity index (χ0n) is 19.9. The van der Waals surface area contributed by atoms with Crippen molar-refractivity contribution in [3.8, 4) is 0 Å². The van der Waals surface area contributed by atoms with Gasteiger partial charge in [0.25, 0.3) is 0 Å². The Labute approximate surface area is 177 Å². The Morgan fingerprint density at radius 2 is 1.69 bits per heavy atom. The molecule has 0 aromatic rings. The fourth-order valence-electron chi connectivity index (χ4n) is 3.85. The van der Waals surface area contributed by atoms with Crippen molar-refractivity contribution in [1.82, 2.24) is 0 Å².